The molecule has 0 bridgehead atoms. The highest BCUT2D eigenvalue weighted by Crippen LogP contribution is 2.39. The van der Waals surface area contributed by atoms with Crippen molar-refractivity contribution in [3.8, 4) is 22.8 Å². The van der Waals surface area contributed by atoms with Crippen molar-refractivity contribution in [1.29, 1.82) is 0 Å². The number of aromatic nitrogens is 3. The van der Waals surface area contributed by atoms with Crippen LogP contribution in [0.2, 0.25) is 5.02 Å². The lowest BCUT2D eigenvalue weighted by Gasteiger charge is -2.32. The maximum atomic E-state index is 6.01. The zero-order chi connectivity index (χ0) is 24.5. The molecule has 36 heavy (non-hydrogen) atoms. The molecule has 8 heteroatoms. The fourth-order valence-electron chi connectivity index (χ4n) is 4.96. The van der Waals surface area contributed by atoms with Crippen LogP contribution in [0.3, 0.4) is 0 Å². The zero-order valence-electron chi connectivity index (χ0n) is 20.2. The third kappa shape index (κ3) is 4.81. The number of benzene rings is 2. The molecule has 1 N–H and O–H groups in total. The normalized spacial score (nSPS) is 16.3. The Morgan fingerprint density at radius 2 is 1.81 bits per heavy atom. The van der Waals surface area contributed by atoms with Gasteiger partial charge < -0.3 is 14.8 Å². The minimum Gasteiger partial charge on any atom is -0.484 e. The number of piperidine rings is 1. The number of fused-ring (bicyclic) bond motifs is 2. The predicted octanol–water partition coefficient (Wildman–Crippen LogP) is 5.50. The second-order valence-electron chi connectivity index (χ2n) is 9.38. The van der Waals surface area contributed by atoms with Crippen LogP contribution < -0.4 is 14.8 Å². The number of likely N-dealkylation sites (tertiary alicyclic amines) is 1. The molecule has 2 aromatic heterocycles. The molecule has 0 spiro atoms. The summed E-state index contributed by atoms with van der Waals surface area (Å²) in [6.45, 7) is 6.11. The van der Waals surface area contributed by atoms with Crippen molar-refractivity contribution in [3.05, 3.63) is 71.0 Å². The summed E-state index contributed by atoms with van der Waals surface area (Å²) in [4.78, 5) is 16.4. The van der Waals surface area contributed by atoms with Crippen molar-refractivity contribution in [2.75, 3.05) is 31.6 Å². The summed E-state index contributed by atoms with van der Waals surface area (Å²) < 4.78 is 11.5. The first kappa shape index (κ1) is 23.0. The fourth-order valence-corrected chi connectivity index (χ4v) is 5.09. The van der Waals surface area contributed by atoms with Crippen LogP contribution in [0.15, 0.2) is 54.7 Å². The Bertz CT molecular complexity index is 1390. The standard InChI is InChI=1S/C28H28ClN5O2/c1-18-24-16-20(23-8-11-30-27-26(23)35-14-15-36-27)4-7-25(24)33-28(31-18)32-22-9-12-34(13-10-22)17-19-2-5-21(29)6-3-19/h2-8,11,16,22H,9-10,12-15,17H2,1H3,(H,31,32,33). The average molecular weight is 502 g/mol. The van der Waals surface area contributed by atoms with E-state index in [9.17, 15) is 0 Å². The summed E-state index contributed by atoms with van der Waals surface area (Å²) in [5, 5.41) is 5.39. The molecule has 2 aliphatic heterocycles. The van der Waals surface area contributed by atoms with Gasteiger partial charge in [-0.15, -0.1) is 0 Å². The van der Waals surface area contributed by atoms with E-state index in [1.165, 1.54) is 5.56 Å². The summed E-state index contributed by atoms with van der Waals surface area (Å²) in [5.74, 6) is 1.94. The Labute approximate surface area is 215 Å². The lowest BCUT2D eigenvalue weighted by atomic mass is 10.0. The summed E-state index contributed by atoms with van der Waals surface area (Å²) in [6, 6.07) is 16.7. The molecule has 1 saturated heterocycles. The van der Waals surface area contributed by atoms with Crippen LogP contribution >= 0.6 is 11.6 Å². The molecule has 4 aromatic rings. The maximum Gasteiger partial charge on any atom is 0.257 e. The first-order valence-electron chi connectivity index (χ1n) is 12.4. The monoisotopic (exact) mass is 501 g/mol. The van der Waals surface area contributed by atoms with Crippen molar-refractivity contribution in [1.82, 2.24) is 19.9 Å². The third-order valence-electron chi connectivity index (χ3n) is 6.88. The molecule has 0 unspecified atom stereocenters. The number of nitrogens with one attached hydrogen (secondary N) is 1. The Morgan fingerprint density at radius 1 is 1.00 bits per heavy atom. The van der Waals surface area contributed by atoms with E-state index >= 15 is 0 Å². The smallest absolute Gasteiger partial charge is 0.257 e. The van der Waals surface area contributed by atoms with Gasteiger partial charge in [-0.05, 0) is 61.2 Å². The highest BCUT2D eigenvalue weighted by molar-refractivity contribution is 6.30. The molecule has 0 atom stereocenters. The van der Waals surface area contributed by atoms with E-state index in [0.29, 0.717) is 36.8 Å². The quantitative estimate of drug-likeness (QED) is 0.387. The van der Waals surface area contributed by atoms with Crippen molar-refractivity contribution in [3.63, 3.8) is 0 Å². The molecule has 1 fully saturated rings. The molecule has 7 nitrogen and oxygen atoms in total. The summed E-state index contributed by atoms with van der Waals surface area (Å²) >= 11 is 6.01. The second kappa shape index (κ2) is 9.91. The molecule has 0 aliphatic carbocycles. The molecule has 0 saturated carbocycles. The minimum atomic E-state index is 0.364. The van der Waals surface area contributed by atoms with E-state index in [1.807, 2.05) is 25.1 Å². The molecule has 184 valence electrons. The number of halogens is 1. The van der Waals surface area contributed by atoms with Gasteiger partial charge in [-0.25, -0.2) is 15.0 Å². The minimum absolute atomic E-state index is 0.364. The van der Waals surface area contributed by atoms with Gasteiger partial charge in [-0.1, -0.05) is 29.8 Å². The molecule has 2 aliphatic rings. The molecular weight excluding hydrogens is 474 g/mol. The van der Waals surface area contributed by atoms with E-state index in [2.05, 4.69) is 45.5 Å². The number of hydrogen-bond donors (Lipinski definition) is 1. The van der Waals surface area contributed by atoms with Crippen LogP contribution in [0.1, 0.15) is 24.1 Å². The Balaban J connectivity index is 1.15. The van der Waals surface area contributed by atoms with E-state index in [4.69, 9.17) is 31.0 Å². The molecule has 0 radical (unpaired) electrons. The summed E-state index contributed by atoms with van der Waals surface area (Å²) in [7, 11) is 0. The zero-order valence-corrected chi connectivity index (χ0v) is 21.0. The van der Waals surface area contributed by atoms with E-state index in [1.54, 1.807) is 6.20 Å². The van der Waals surface area contributed by atoms with Crippen molar-refractivity contribution < 1.29 is 9.47 Å². The number of ether oxygens (including phenoxy) is 2. The largest absolute Gasteiger partial charge is 0.484 e. The van der Waals surface area contributed by atoms with E-state index in [-0.39, 0.29) is 0 Å². The van der Waals surface area contributed by atoms with Crippen LogP contribution in [0.25, 0.3) is 22.0 Å². The molecule has 0 amide bonds. The Kier molecular flexibility index (Phi) is 6.34. The number of nitrogens with zero attached hydrogens (tertiary/aromatic N) is 4. The van der Waals surface area contributed by atoms with Gasteiger partial charge >= 0.3 is 0 Å². The van der Waals surface area contributed by atoms with Gasteiger partial charge in [0.2, 0.25) is 5.95 Å². The highest BCUT2D eigenvalue weighted by atomic mass is 35.5. The second-order valence-corrected chi connectivity index (χ2v) is 9.81. The number of hydrogen-bond acceptors (Lipinski definition) is 7. The average Bonchev–Trinajstić information content (AvgIpc) is 2.91. The third-order valence-corrected chi connectivity index (χ3v) is 7.13. The molecular formula is C28H28ClN5O2. The van der Waals surface area contributed by atoms with Crippen LogP contribution in [0, 0.1) is 6.92 Å². The van der Waals surface area contributed by atoms with Gasteiger partial charge in [0.15, 0.2) is 5.75 Å². The summed E-state index contributed by atoms with van der Waals surface area (Å²) in [5.41, 5.74) is 5.17. The maximum absolute atomic E-state index is 6.01. The number of pyridine rings is 1. The number of aryl methyl sites for hydroxylation is 1. The predicted molar refractivity (Wildman–Crippen MR) is 142 cm³/mol. The lowest BCUT2D eigenvalue weighted by molar-refractivity contribution is 0.165. The van der Waals surface area contributed by atoms with Crippen LogP contribution in [0.4, 0.5) is 5.95 Å². The van der Waals surface area contributed by atoms with Gasteiger partial charge in [0.05, 0.1) is 11.2 Å². The van der Waals surface area contributed by atoms with Crippen molar-refractivity contribution >= 4 is 28.5 Å². The van der Waals surface area contributed by atoms with Crippen LogP contribution in [0.5, 0.6) is 11.6 Å². The fraction of sp³-hybridized carbons (Fsp3) is 0.321. The Hall–Kier alpha value is -3.42. The number of rotatable bonds is 5. The molecule has 6 rings (SSSR count). The summed E-state index contributed by atoms with van der Waals surface area (Å²) in [6.07, 6.45) is 3.87. The van der Waals surface area contributed by atoms with E-state index in [0.717, 1.165) is 65.2 Å². The first-order valence-corrected chi connectivity index (χ1v) is 12.8. The van der Waals surface area contributed by atoms with E-state index < -0.39 is 0 Å². The first-order chi connectivity index (χ1) is 17.6. The highest BCUT2D eigenvalue weighted by Gasteiger charge is 2.21. The van der Waals surface area contributed by atoms with Crippen molar-refractivity contribution in [2.45, 2.75) is 32.4 Å². The topological polar surface area (TPSA) is 72.4 Å². The van der Waals surface area contributed by atoms with Gasteiger partial charge in [0.25, 0.3) is 5.88 Å². The van der Waals surface area contributed by atoms with Crippen molar-refractivity contribution in [2.24, 2.45) is 0 Å². The Morgan fingerprint density at radius 3 is 2.64 bits per heavy atom. The molecule has 2 aromatic carbocycles. The van der Waals surface area contributed by atoms with Crippen LogP contribution in [-0.4, -0.2) is 52.2 Å². The van der Waals surface area contributed by atoms with Gasteiger partial charge in [-0.3, -0.25) is 4.90 Å². The van der Waals surface area contributed by atoms with Gasteiger partial charge in [0, 0.05) is 47.8 Å². The van der Waals surface area contributed by atoms with Gasteiger partial charge in [0.1, 0.15) is 13.2 Å². The van der Waals surface area contributed by atoms with Crippen LogP contribution in [-0.2, 0) is 6.54 Å². The SMILES string of the molecule is Cc1nc(NC2CCN(Cc3ccc(Cl)cc3)CC2)nc2ccc(-c3ccnc4c3OCCO4)cc12. The van der Waals surface area contributed by atoms with Gasteiger partial charge in [-0.2, -0.15) is 0 Å². The molecule has 4 heterocycles. The lowest BCUT2D eigenvalue weighted by Crippen LogP contribution is -2.39. The number of anilines is 1.